The Morgan fingerprint density at radius 2 is 2.10 bits per heavy atom. The zero-order valence-corrected chi connectivity index (χ0v) is 10.8. The molecule has 0 fully saturated rings. The second kappa shape index (κ2) is 5.16. The highest BCUT2D eigenvalue weighted by atomic mass is 19.1. The van der Waals surface area contributed by atoms with Crippen molar-refractivity contribution in [2.75, 3.05) is 7.11 Å². The zero-order valence-electron chi connectivity index (χ0n) is 10.8. The summed E-state index contributed by atoms with van der Waals surface area (Å²) in [7, 11) is 1.48. The molecule has 3 aromatic rings. The first-order valence-corrected chi connectivity index (χ1v) is 5.86. The molecule has 0 saturated carbocycles. The number of ether oxygens (including phenoxy) is 1. The number of phenolic OH excluding ortho intramolecular Hbond substituents is 1. The van der Waals surface area contributed by atoms with Crippen molar-refractivity contribution in [2.45, 2.75) is 0 Å². The molecule has 0 aliphatic carbocycles. The first-order valence-electron chi connectivity index (χ1n) is 5.86. The zero-order chi connectivity index (χ0) is 14.8. The van der Waals surface area contributed by atoms with E-state index in [0.29, 0.717) is 11.6 Å². The smallest absolute Gasteiger partial charge is 0.262 e. The van der Waals surface area contributed by atoms with Gasteiger partial charge in [-0.05, 0) is 12.1 Å². The molecule has 0 spiro atoms. The number of hydrogen-bond donors (Lipinski definition) is 1. The molecule has 0 aliphatic rings. The second-order valence-corrected chi connectivity index (χ2v) is 4.03. The lowest BCUT2D eigenvalue weighted by molar-refractivity contribution is 0.397. The van der Waals surface area contributed by atoms with E-state index < -0.39 is 5.82 Å². The third-order valence-electron chi connectivity index (χ3n) is 2.70. The van der Waals surface area contributed by atoms with Crippen molar-refractivity contribution >= 4 is 0 Å². The predicted octanol–water partition coefficient (Wildman–Crippen LogP) is 2.05. The van der Waals surface area contributed by atoms with Gasteiger partial charge in [0.2, 0.25) is 11.7 Å². The van der Waals surface area contributed by atoms with Crippen LogP contribution in [0.3, 0.4) is 0 Å². The molecule has 106 valence electrons. The minimum Gasteiger partial charge on any atom is -0.507 e. The molecule has 1 N–H and O–H groups in total. The van der Waals surface area contributed by atoms with Gasteiger partial charge in [-0.25, -0.2) is 14.4 Å². The highest BCUT2D eigenvalue weighted by Crippen LogP contribution is 2.29. The molecular formula is C13H9FN4O3. The van der Waals surface area contributed by atoms with Crippen molar-refractivity contribution in [1.82, 2.24) is 20.1 Å². The molecule has 0 amide bonds. The minimum absolute atomic E-state index is 0.0556. The number of rotatable bonds is 3. The predicted molar refractivity (Wildman–Crippen MR) is 68.9 cm³/mol. The molecule has 7 nitrogen and oxygen atoms in total. The van der Waals surface area contributed by atoms with Crippen LogP contribution in [0.4, 0.5) is 4.39 Å². The first-order chi connectivity index (χ1) is 10.2. The molecule has 8 heteroatoms. The molecular weight excluding hydrogens is 279 g/mol. The molecule has 0 bridgehead atoms. The summed E-state index contributed by atoms with van der Waals surface area (Å²) in [5, 5.41) is 13.5. The van der Waals surface area contributed by atoms with Gasteiger partial charge in [-0.1, -0.05) is 5.16 Å². The summed E-state index contributed by atoms with van der Waals surface area (Å²) in [6.45, 7) is 0. The Hall–Kier alpha value is -3.03. The maximum absolute atomic E-state index is 13.0. The molecule has 0 saturated heterocycles. The van der Waals surface area contributed by atoms with E-state index in [4.69, 9.17) is 9.26 Å². The van der Waals surface area contributed by atoms with Gasteiger partial charge in [-0.15, -0.1) is 0 Å². The molecule has 3 rings (SSSR count). The average molecular weight is 288 g/mol. The molecule has 0 aliphatic heterocycles. The van der Waals surface area contributed by atoms with Gasteiger partial charge < -0.3 is 14.4 Å². The van der Waals surface area contributed by atoms with Crippen LogP contribution in [0.15, 0.2) is 35.1 Å². The van der Waals surface area contributed by atoms with Gasteiger partial charge >= 0.3 is 0 Å². The monoisotopic (exact) mass is 288 g/mol. The lowest BCUT2D eigenvalue weighted by Gasteiger charge is -1.98. The number of halogens is 1. The van der Waals surface area contributed by atoms with E-state index >= 15 is 0 Å². The lowest BCUT2D eigenvalue weighted by atomic mass is 10.2. The van der Waals surface area contributed by atoms with Crippen LogP contribution in [0, 0.1) is 5.82 Å². The topological polar surface area (TPSA) is 94.2 Å². The number of phenols is 1. The molecule has 0 atom stereocenters. The molecule has 2 aromatic heterocycles. The van der Waals surface area contributed by atoms with Gasteiger partial charge in [0.1, 0.15) is 23.6 Å². The number of benzene rings is 1. The summed E-state index contributed by atoms with van der Waals surface area (Å²) in [6, 6.07) is 5.04. The van der Waals surface area contributed by atoms with E-state index in [1.807, 2.05) is 0 Å². The van der Waals surface area contributed by atoms with Crippen molar-refractivity contribution in [2.24, 2.45) is 0 Å². The SMILES string of the molecule is COc1cc(-c2noc(-c3ccc(F)cc3O)n2)ncn1. The summed E-state index contributed by atoms with van der Waals surface area (Å²) in [5.41, 5.74) is 0.634. The van der Waals surface area contributed by atoms with E-state index in [1.54, 1.807) is 6.07 Å². The van der Waals surface area contributed by atoms with Crippen molar-refractivity contribution in [3.63, 3.8) is 0 Å². The minimum atomic E-state index is -0.559. The maximum atomic E-state index is 13.0. The standard InChI is InChI=1S/C13H9FN4O3/c1-20-11-5-9(15-6-16-11)12-17-13(21-18-12)8-3-2-7(14)4-10(8)19/h2-6,19H,1H3. The Balaban J connectivity index is 1.99. The van der Waals surface area contributed by atoms with Gasteiger partial charge in [0, 0.05) is 12.1 Å². The fourth-order valence-electron chi connectivity index (χ4n) is 1.70. The fourth-order valence-corrected chi connectivity index (χ4v) is 1.70. The third-order valence-corrected chi connectivity index (χ3v) is 2.70. The van der Waals surface area contributed by atoms with Gasteiger partial charge in [0.15, 0.2) is 0 Å². The Bertz CT molecular complexity index is 791. The van der Waals surface area contributed by atoms with Gasteiger partial charge in [0.25, 0.3) is 5.89 Å². The Labute approximate surface area is 118 Å². The van der Waals surface area contributed by atoms with Crippen molar-refractivity contribution in [1.29, 1.82) is 0 Å². The van der Waals surface area contributed by atoms with Crippen LogP contribution in [-0.2, 0) is 0 Å². The Morgan fingerprint density at radius 3 is 2.86 bits per heavy atom. The van der Waals surface area contributed by atoms with Crippen LogP contribution in [0.25, 0.3) is 23.0 Å². The Morgan fingerprint density at radius 1 is 1.24 bits per heavy atom. The molecule has 21 heavy (non-hydrogen) atoms. The number of nitrogens with zero attached hydrogens (tertiary/aromatic N) is 4. The highest BCUT2D eigenvalue weighted by Gasteiger charge is 2.15. The largest absolute Gasteiger partial charge is 0.507 e. The van der Waals surface area contributed by atoms with Crippen molar-refractivity contribution in [3.8, 4) is 34.6 Å². The third kappa shape index (κ3) is 2.50. The first kappa shape index (κ1) is 13.0. The molecule has 0 unspecified atom stereocenters. The molecule has 0 radical (unpaired) electrons. The van der Waals surface area contributed by atoms with Gasteiger partial charge in [-0.2, -0.15) is 4.98 Å². The van der Waals surface area contributed by atoms with Crippen molar-refractivity contribution in [3.05, 3.63) is 36.4 Å². The second-order valence-electron chi connectivity index (χ2n) is 4.03. The van der Waals surface area contributed by atoms with E-state index in [-0.39, 0.29) is 23.0 Å². The van der Waals surface area contributed by atoms with E-state index in [0.717, 1.165) is 6.07 Å². The van der Waals surface area contributed by atoms with Gasteiger partial charge in [-0.3, -0.25) is 0 Å². The number of aromatic hydroxyl groups is 1. The summed E-state index contributed by atoms with van der Waals surface area (Å²) < 4.78 is 23.0. The van der Waals surface area contributed by atoms with Crippen LogP contribution < -0.4 is 4.74 Å². The number of methoxy groups -OCH3 is 1. The molecule has 2 heterocycles. The van der Waals surface area contributed by atoms with Crippen LogP contribution >= 0.6 is 0 Å². The highest BCUT2D eigenvalue weighted by molar-refractivity contribution is 5.64. The van der Waals surface area contributed by atoms with Crippen LogP contribution in [-0.4, -0.2) is 32.3 Å². The summed E-state index contributed by atoms with van der Waals surface area (Å²) in [4.78, 5) is 12.0. The van der Waals surface area contributed by atoms with Crippen LogP contribution in [0.2, 0.25) is 0 Å². The number of hydrogen-bond acceptors (Lipinski definition) is 7. The van der Waals surface area contributed by atoms with Gasteiger partial charge in [0.05, 0.1) is 12.7 Å². The van der Waals surface area contributed by atoms with E-state index in [2.05, 4.69) is 20.1 Å². The maximum Gasteiger partial charge on any atom is 0.262 e. The lowest BCUT2D eigenvalue weighted by Crippen LogP contribution is -1.91. The molecule has 1 aromatic carbocycles. The quantitative estimate of drug-likeness (QED) is 0.788. The Kier molecular flexibility index (Phi) is 3.19. The summed E-state index contributed by atoms with van der Waals surface area (Å²) in [6.07, 6.45) is 1.31. The fraction of sp³-hybridized carbons (Fsp3) is 0.0769. The van der Waals surface area contributed by atoms with Crippen LogP contribution in [0.1, 0.15) is 0 Å². The van der Waals surface area contributed by atoms with Crippen molar-refractivity contribution < 1.29 is 18.8 Å². The summed E-state index contributed by atoms with van der Waals surface area (Å²) >= 11 is 0. The summed E-state index contributed by atoms with van der Waals surface area (Å²) in [5.74, 6) is -0.229. The normalized spacial score (nSPS) is 10.6. The number of aromatic nitrogens is 4. The van der Waals surface area contributed by atoms with E-state index in [1.165, 1.54) is 25.6 Å². The average Bonchev–Trinajstić information content (AvgIpc) is 2.97. The van der Waals surface area contributed by atoms with E-state index in [9.17, 15) is 9.50 Å². The van der Waals surface area contributed by atoms with Crippen LogP contribution in [0.5, 0.6) is 11.6 Å².